The van der Waals surface area contributed by atoms with E-state index in [1.807, 2.05) is 0 Å². The van der Waals surface area contributed by atoms with Gasteiger partial charge in [0.1, 0.15) is 0 Å². The summed E-state index contributed by atoms with van der Waals surface area (Å²) >= 11 is 0. The number of unbranched alkanes of at least 4 members (excludes halogenated alkanes) is 9. The fourth-order valence-corrected chi connectivity index (χ4v) is 2.79. The van der Waals surface area contributed by atoms with E-state index in [0.29, 0.717) is 0 Å². The first-order valence-corrected chi connectivity index (χ1v) is 8.72. The summed E-state index contributed by atoms with van der Waals surface area (Å²) in [5.74, 6) is 0. The van der Waals surface area contributed by atoms with E-state index in [1.165, 1.54) is 87.3 Å². The maximum absolute atomic E-state index is 3.41. The number of aryl methyl sites for hydroxylation is 2. The summed E-state index contributed by atoms with van der Waals surface area (Å²) in [6.07, 6.45) is 15.3. The van der Waals surface area contributed by atoms with Gasteiger partial charge in [0.05, 0.1) is 0 Å². The van der Waals surface area contributed by atoms with Gasteiger partial charge in [-0.2, -0.15) is 0 Å². The minimum absolute atomic E-state index is 1.21. The van der Waals surface area contributed by atoms with Crippen molar-refractivity contribution in [1.29, 1.82) is 0 Å². The Morgan fingerprint density at radius 1 is 0.800 bits per heavy atom. The summed E-state index contributed by atoms with van der Waals surface area (Å²) in [7, 11) is 0. The van der Waals surface area contributed by atoms with Crippen molar-refractivity contribution in [1.82, 2.24) is 0 Å². The molecule has 0 atom stereocenters. The molecule has 20 heavy (non-hydrogen) atoms. The van der Waals surface area contributed by atoms with Gasteiger partial charge in [-0.05, 0) is 49.4 Å². The highest BCUT2D eigenvalue weighted by atomic mass is 14.1. The predicted octanol–water partition coefficient (Wildman–Crippen LogP) is 6.57. The maximum Gasteiger partial charge on any atom is -0.0146 e. The summed E-state index contributed by atoms with van der Waals surface area (Å²) in [5.41, 5.74) is 4.29. The molecule has 1 radical (unpaired) electrons. The van der Waals surface area contributed by atoms with Gasteiger partial charge in [0.25, 0.3) is 0 Å². The zero-order valence-electron chi connectivity index (χ0n) is 13.9. The Labute approximate surface area is 127 Å². The van der Waals surface area contributed by atoms with Gasteiger partial charge in [-0.3, -0.25) is 0 Å². The summed E-state index contributed by atoms with van der Waals surface area (Å²) in [5, 5.41) is 0. The third-order valence-electron chi connectivity index (χ3n) is 4.42. The van der Waals surface area contributed by atoms with E-state index in [1.54, 1.807) is 0 Å². The lowest BCUT2D eigenvalue weighted by molar-refractivity contribution is 0.556. The molecule has 113 valence electrons. The highest BCUT2D eigenvalue weighted by Crippen LogP contribution is 2.16. The van der Waals surface area contributed by atoms with Gasteiger partial charge in [0.15, 0.2) is 0 Å². The van der Waals surface area contributed by atoms with Gasteiger partial charge in [-0.15, -0.1) is 0 Å². The second-order valence-corrected chi connectivity index (χ2v) is 6.20. The van der Waals surface area contributed by atoms with Crippen molar-refractivity contribution in [3.63, 3.8) is 0 Å². The predicted molar refractivity (Wildman–Crippen MR) is 90.3 cm³/mol. The average molecular weight is 273 g/mol. The Balaban J connectivity index is 1.98. The average Bonchev–Trinajstić information content (AvgIpc) is 2.45. The Hall–Kier alpha value is -0.780. The Bertz CT molecular complexity index is 351. The molecule has 0 bridgehead atoms. The van der Waals surface area contributed by atoms with Crippen LogP contribution in [0.4, 0.5) is 0 Å². The second-order valence-electron chi connectivity index (χ2n) is 6.20. The van der Waals surface area contributed by atoms with Crippen LogP contribution in [-0.2, 0) is 6.42 Å². The van der Waals surface area contributed by atoms with E-state index in [4.69, 9.17) is 0 Å². The summed E-state index contributed by atoms with van der Waals surface area (Å²) in [6.45, 7) is 6.72. The molecule has 1 aromatic rings. The standard InChI is InChI=1S/C20H33/c1-4-5-6-7-8-9-10-11-12-13-16-20-17-14-15-18(2)19(20)3/h14-15H,4-13,16H2,1-3H3. The molecular weight excluding hydrogens is 240 g/mol. The highest BCUT2D eigenvalue weighted by Gasteiger charge is 2.00. The lowest BCUT2D eigenvalue weighted by atomic mass is 9.98. The van der Waals surface area contributed by atoms with Crippen LogP contribution >= 0.6 is 0 Å². The molecule has 0 unspecified atom stereocenters. The molecule has 0 saturated carbocycles. The number of rotatable bonds is 11. The van der Waals surface area contributed by atoms with Crippen molar-refractivity contribution in [3.05, 3.63) is 34.9 Å². The lowest BCUT2D eigenvalue weighted by Crippen LogP contribution is -1.93. The minimum Gasteiger partial charge on any atom is -0.0654 e. The smallest absolute Gasteiger partial charge is 0.0146 e. The maximum atomic E-state index is 3.41. The van der Waals surface area contributed by atoms with E-state index in [9.17, 15) is 0 Å². The molecule has 0 heteroatoms. The molecule has 0 N–H and O–H groups in total. The summed E-state index contributed by atoms with van der Waals surface area (Å²) < 4.78 is 0. The van der Waals surface area contributed by atoms with Gasteiger partial charge in [-0.1, -0.05) is 76.8 Å². The van der Waals surface area contributed by atoms with Gasteiger partial charge in [0.2, 0.25) is 0 Å². The fraction of sp³-hybridized carbons (Fsp3) is 0.700. The molecule has 0 nitrogen and oxygen atoms in total. The molecule has 0 aliphatic rings. The van der Waals surface area contributed by atoms with Crippen LogP contribution in [0.5, 0.6) is 0 Å². The SMILES string of the molecule is CCCCCCCCCCCCc1[c]ccc(C)c1C. The van der Waals surface area contributed by atoms with Crippen molar-refractivity contribution in [2.45, 2.75) is 91.4 Å². The molecule has 0 aliphatic carbocycles. The van der Waals surface area contributed by atoms with Crippen molar-refractivity contribution < 1.29 is 0 Å². The topological polar surface area (TPSA) is 0 Å². The molecular formula is C20H33. The van der Waals surface area contributed by atoms with Crippen molar-refractivity contribution in [2.24, 2.45) is 0 Å². The molecule has 0 heterocycles. The first-order chi connectivity index (χ1) is 9.75. The van der Waals surface area contributed by atoms with Gasteiger partial charge in [-0.25, -0.2) is 0 Å². The van der Waals surface area contributed by atoms with Crippen LogP contribution in [0.15, 0.2) is 12.1 Å². The normalized spacial score (nSPS) is 10.9. The zero-order valence-corrected chi connectivity index (χ0v) is 13.9. The van der Waals surface area contributed by atoms with E-state index >= 15 is 0 Å². The summed E-state index contributed by atoms with van der Waals surface area (Å²) in [6, 6.07) is 7.65. The van der Waals surface area contributed by atoms with E-state index in [2.05, 4.69) is 39.0 Å². The molecule has 0 spiro atoms. The number of hydrogen-bond acceptors (Lipinski definition) is 0. The van der Waals surface area contributed by atoms with Crippen molar-refractivity contribution in [2.75, 3.05) is 0 Å². The summed E-state index contributed by atoms with van der Waals surface area (Å²) in [4.78, 5) is 0. The molecule has 1 aromatic carbocycles. The van der Waals surface area contributed by atoms with E-state index < -0.39 is 0 Å². The molecule has 0 fully saturated rings. The first kappa shape index (κ1) is 17.3. The van der Waals surface area contributed by atoms with Gasteiger partial charge >= 0.3 is 0 Å². The van der Waals surface area contributed by atoms with Crippen LogP contribution in [0.3, 0.4) is 0 Å². The first-order valence-electron chi connectivity index (χ1n) is 8.72. The van der Waals surface area contributed by atoms with Gasteiger partial charge < -0.3 is 0 Å². The van der Waals surface area contributed by atoms with Crippen molar-refractivity contribution >= 4 is 0 Å². The lowest BCUT2D eigenvalue weighted by Gasteiger charge is -2.08. The van der Waals surface area contributed by atoms with Crippen LogP contribution in [0.2, 0.25) is 0 Å². The van der Waals surface area contributed by atoms with Crippen molar-refractivity contribution in [3.8, 4) is 0 Å². The second kappa shape index (κ2) is 10.9. The van der Waals surface area contributed by atoms with Crippen LogP contribution in [0.1, 0.15) is 87.8 Å². The van der Waals surface area contributed by atoms with Gasteiger partial charge in [0, 0.05) is 0 Å². The van der Waals surface area contributed by atoms with Crippen LogP contribution in [-0.4, -0.2) is 0 Å². The quantitative estimate of drug-likeness (QED) is 0.400. The van der Waals surface area contributed by atoms with Crippen LogP contribution in [0.25, 0.3) is 0 Å². The minimum atomic E-state index is 1.21. The van der Waals surface area contributed by atoms with Crippen LogP contribution in [0, 0.1) is 19.9 Å². The molecule has 0 aromatic heterocycles. The molecule has 0 aliphatic heterocycles. The number of hydrogen-bond donors (Lipinski definition) is 0. The fourth-order valence-electron chi connectivity index (χ4n) is 2.79. The molecule has 1 rings (SSSR count). The molecule has 0 amide bonds. The van der Waals surface area contributed by atoms with E-state index in [0.717, 1.165) is 0 Å². The number of benzene rings is 1. The Morgan fingerprint density at radius 3 is 1.95 bits per heavy atom. The third kappa shape index (κ3) is 7.12. The Morgan fingerprint density at radius 2 is 1.35 bits per heavy atom. The Kier molecular flexibility index (Phi) is 9.45. The van der Waals surface area contributed by atoms with E-state index in [-0.39, 0.29) is 0 Å². The monoisotopic (exact) mass is 273 g/mol. The highest BCUT2D eigenvalue weighted by molar-refractivity contribution is 5.32. The largest absolute Gasteiger partial charge is 0.0654 e. The molecule has 0 saturated heterocycles. The van der Waals surface area contributed by atoms with Crippen LogP contribution < -0.4 is 0 Å². The zero-order chi connectivity index (χ0) is 14.6. The third-order valence-corrected chi connectivity index (χ3v) is 4.42.